The van der Waals surface area contributed by atoms with Gasteiger partial charge in [-0.2, -0.15) is 13.2 Å². The number of benzene rings is 3. The minimum atomic E-state index is -4.71. The average molecular weight is 869 g/mol. The molecule has 1 aliphatic carbocycles. The molecule has 16 nitrogen and oxygen atoms in total. The summed E-state index contributed by atoms with van der Waals surface area (Å²) >= 11 is 5.94. The van der Waals surface area contributed by atoms with Gasteiger partial charge in [-0.3, -0.25) is 25.0 Å². The normalized spacial score (nSPS) is 13.4. The summed E-state index contributed by atoms with van der Waals surface area (Å²) in [7, 11) is -7.75. The number of hydrogen-bond donors (Lipinski definition) is 4. The van der Waals surface area contributed by atoms with E-state index in [1.807, 2.05) is 11.4 Å². The van der Waals surface area contributed by atoms with E-state index in [1.165, 1.54) is 18.3 Å². The van der Waals surface area contributed by atoms with E-state index in [-0.39, 0.29) is 39.2 Å². The Balaban J connectivity index is 0.000000298. The summed E-state index contributed by atoms with van der Waals surface area (Å²) in [5.74, 6) is -0.638. The van der Waals surface area contributed by atoms with Gasteiger partial charge in [0.25, 0.3) is 5.69 Å². The number of carbonyl (C=O) groups excluding carboxylic acids is 1. The molecule has 0 radical (unpaired) electrons. The second-order valence-corrected chi connectivity index (χ2v) is 18.4. The molecule has 0 spiro atoms. The Morgan fingerprint density at radius 2 is 1.71 bits per heavy atom. The van der Waals surface area contributed by atoms with Crippen LogP contribution in [-0.2, 0) is 36.3 Å². The summed E-state index contributed by atoms with van der Waals surface area (Å²) in [6.07, 6.45) is 4.73. The number of rotatable bonds is 11. The van der Waals surface area contributed by atoms with Gasteiger partial charge in [0.05, 0.1) is 58.7 Å². The Morgan fingerprint density at radius 1 is 1.12 bits per heavy atom. The molecule has 5 N–H and O–H groups in total. The van der Waals surface area contributed by atoms with Crippen LogP contribution in [0.4, 0.5) is 24.5 Å². The van der Waals surface area contributed by atoms with Crippen molar-refractivity contribution in [1.29, 1.82) is 0 Å². The monoisotopic (exact) mass is 868 g/mol. The largest absolute Gasteiger partial charge is 0.778 e. The van der Waals surface area contributed by atoms with Gasteiger partial charge in [0.2, 0.25) is 0 Å². The van der Waals surface area contributed by atoms with Gasteiger partial charge in [0, 0.05) is 23.8 Å². The van der Waals surface area contributed by atoms with Gasteiger partial charge < -0.3 is 34.5 Å². The smallest absolute Gasteiger partial charge is 0.416 e. The molecule has 1 saturated carbocycles. The first-order valence-electron chi connectivity index (χ1n) is 15.6. The fourth-order valence-corrected chi connectivity index (χ4v) is 5.61. The van der Waals surface area contributed by atoms with Crippen molar-refractivity contribution in [3.8, 4) is 11.5 Å². The van der Waals surface area contributed by atoms with E-state index in [0.29, 0.717) is 34.5 Å². The van der Waals surface area contributed by atoms with Crippen LogP contribution in [0.1, 0.15) is 46.0 Å². The molecule has 306 valence electrons. The van der Waals surface area contributed by atoms with E-state index < -0.39 is 63.6 Å². The zero-order valence-corrected chi connectivity index (χ0v) is 33.3. The maximum Gasteiger partial charge on any atom is 0.416 e. The minimum absolute atomic E-state index is 0.0352. The van der Waals surface area contributed by atoms with Crippen molar-refractivity contribution < 1.29 is 64.8 Å². The van der Waals surface area contributed by atoms with Crippen molar-refractivity contribution >= 4 is 63.1 Å². The van der Waals surface area contributed by atoms with Crippen molar-refractivity contribution in [3.05, 3.63) is 104 Å². The molecule has 1 aliphatic rings. The SMILES string of the molecule is CS(=O)(=O)c1cc(C(F)(F)F)ccc1C(=O)c1cnoc1C1CC1.C[S+](C)C.Nc1c([N+](=O)[O-])ccc(Oc2ccccc2)c1Cl.O=C(O)CNCP(=O)([O-])O. The van der Waals surface area contributed by atoms with Gasteiger partial charge in [-0.15, -0.1) is 0 Å². The topological polar surface area (TPSA) is 265 Å². The summed E-state index contributed by atoms with van der Waals surface area (Å²) in [5, 5.41) is 24.2. The zero-order chi connectivity index (χ0) is 42.6. The Morgan fingerprint density at radius 3 is 2.20 bits per heavy atom. The molecule has 1 unspecified atom stereocenters. The highest BCUT2D eigenvalue weighted by Gasteiger charge is 2.36. The van der Waals surface area contributed by atoms with Gasteiger partial charge >= 0.3 is 12.1 Å². The van der Waals surface area contributed by atoms with Crippen molar-refractivity contribution in [1.82, 2.24) is 10.5 Å². The number of alkyl halides is 3. The lowest BCUT2D eigenvalue weighted by Crippen LogP contribution is -2.25. The highest BCUT2D eigenvalue weighted by atomic mass is 35.5. The summed E-state index contributed by atoms with van der Waals surface area (Å²) in [5.41, 5.74) is 3.88. The van der Waals surface area contributed by atoms with E-state index in [2.05, 4.69) is 23.9 Å². The first-order valence-corrected chi connectivity index (χ1v) is 22.1. The molecular weight excluding hydrogens is 832 g/mol. The van der Waals surface area contributed by atoms with Crippen molar-refractivity contribution in [2.45, 2.75) is 29.8 Å². The van der Waals surface area contributed by atoms with Gasteiger partial charge in [0.1, 0.15) is 29.8 Å². The number of aliphatic carboxylic acids is 1. The number of aromatic nitrogens is 1. The van der Waals surface area contributed by atoms with Crippen molar-refractivity contribution in [2.24, 2.45) is 0 Å². The van der Waals surface area contributed by atoms with Crippen molar-refractivity contribution in [3.63, 3.8) is 0 Å². The van der Waals surface area contributed by atoms with Crippen LogP contribution in [0.2, 0.25) is 5.02 Å². The second kappa shape index (κ2) is 20.6. The number of ether oxygens (including phenoxy) is 1. The lowest BCUT2D eigenvalue weighted by molar-refractivity contribution is -0.383. The van der Waals surface area contributed by atoms with Gasteiger partial charge in [-0.05, 0) is 60.1 Å². The molecule has 0 saturated heterocycles. The highest BCUT2D eigenvalue weighted by Crippen LogP contribution is 2.43. The highest BCUT2D eigenvalue weighted by molar-refractivity contribution is 7.94. The van der Waals surface area contributed by atoms with Crippen LogP contribution in [0, 0.1) is 10.1 Å². The molecule has 4 aromatic rings. The summed E-state index contributed by atoms with van der Waals surface area (Å²) in [6.45, 7) is -0.479. The third-order valence-corrected chi connectivity index (χ3v) is 8.77. The van der Waals surface area contributed by atoms with Crippen LogP contribution < -0.4 is 20.7 Å². The number of anilines is 1. The van der Waals surface area contributed by atoms with E-state index in [9.17, 15) is 50.8 Å². The standard InChI is InChI=1S/C15H12F3NO4S.C12H9ClN2O3.C3H8NO5P.C3H9S/c1-24(21,22)12-6-9(15(16,17)18)4-5-10(12)13(20)11-7-19-23-14(11)8-2-3-8;13-11-10(18-8-4-2-1-3-5-8)7-6-9(12(11)14)15(16)17;5-3(6)1-4-2-10(7,8)9;1-4(2)3/h4-8H,2-3H2,1H3;1-7H,14H2;4H,1-2H2,(H,5,6)(H2,7,8,9);1-3H3/q;;;+1/p-1. The Bertz CT molecular complexity index is 2150. The lowest BCUT2D eigenvalue weighted by Gasteiger charge is -2.14. The number of nitro benzene ring substituents is 1. The first-order chi connectivity index (χ1) is 25.8. The van der Waals surface area contributed by atoms with E-state index >= 15 is 0 Å². The summed E-state index contributed by atoms with van der Waals surface area (Å²) < 4.78 is 82.7. The van der Waals surface area contributed by atoms with E-state index in [0.717, 1.165) is 25.2 Å². The second-order valence-electron chi connectivity index (χ2n) is 12.0. The Labute approximate surface area is 326 Å². The van der Waals surface area contributed by atoms with Crippen LogP contribution in [-0.4, -0.2) is 78.1 Å². The van der Waals surface area contributed by atoms with Gasteiger partial charge in [-0.1, -0.05) is 35.0 Å². The number of sulfone groups is 1. The third-order valence-electron chi connectivity index (χ3n) is 6.62. The number of nitrogen functional groups attached to an aromatic ring is 1. The number of para-hydroxylation sites is 1. The van der Waals surface area contributed by atoms with Crippen LogP contribution in [0.25, 0.3) is 0 Å². The number of carboxylic acids is 1. The number of ketones is 1. The molecule has 1 atom stereocenters. The number of hydrogen-bond acceptors (Lipinski definition) is 13. The quantitative estimate of drug-likeness (QED) is 0.0363. The van der Waals surface area contributed by atoms with Crippen LogP contribution in [0.15, 0.2) is 76.3 Å². The zero-order valence-electron chi connectivity index (χ0n) is 30.0. The maximum absolute atomic E-state index is 12.8. The molecule has 23 heteroatoms. The number of nitro groups is 1. The molecule has 0 aliphatic heterocycles. The summed E-state index contributed by atoms with van der Waals surface area (Å²) in [4.78, 5) is 49.8. The van der Waals surface area contributed by atoms with E-state index in [1.54, 1.807) is 24.3 Å². The molecule has 1 aromatic heterocycles. The third kappa shape index (κ3) is 15.9. The number of carbonyl (C=O) groups is 2. The Kier molecular flexibility index (Phi) is 17.5. The lowest BCUT2D eigenvalue weighted by atomic mass is 10.0. The molecule has 0 bridgehead atoms. The van der Waals surface area contributed by atoms with E-state index in [4.69, 9.17) is 36.6 Å². The van der Waals surface area contributed by atoms with Gasteiger partial charge in [0.15, 0.2) is 21.4 Å². The minimum Gasteiger partial charge on any atom is -0.778 e. The van der Waals surface area contributed by atoms with Crippen LogP contribution >= 0.6 is 19.2 Å². The molecule has 1 fully saturated rings. The number of nitrogens with two attached hydrogens (primary N) is 1. The molecule has 56 heavy (non-hydrogen) atoms. The summed E-state index contributed by atoms with van der Waals surface area (Å²) in [6, 6.07) is 13.7. The maximum atomic E-state index is 12.8. The Hall–Kier alpha value is -4.50. The fourth-order valence-electron chi connectivity index (χ4n) is 4.12. The van der Waals surface area contributed by atoms with Crippen LogP contribution in [0.3, 0.4) is 0 Å². The van der Waals surface area contributed by atoms with Crippen molar-refractivity contribution in [2.75, 3.05) is 43.6 Å². The predicted molar refractivity (Wildman–Crippen MR) is 201 cm³/mol. The number of halogens is 4. The van der Waals surface area contributed by atoms with Crippen LogP contribution in [0.5, 0.6) is 11.5 Å². The predicted octanol–water partition coefficient (Wildman–Crippen LogP) is 5.49. The molecule has 0 amide bonds. The first kappa shape index (κ1) is 47.7. The average Bonchev–Trinajstić information content (AvgIpc) is 3.81. The molecular formula is C33H37ClF3N4O12PS2. The number of nitrogens with zero attached hydrogens (tertiary/aromatic N) is 2. The molecule has 1 heterocycles. The molecule has 5 rings (SSSR count). The molecule has 3 aromatic carbocycles. The number of nitrogens with one attached hydrogen (secondary N) is 1. The number of carboxylic acid groups (broad SMARTS) is 1. The fraction of sp³-hybridized carbons (Fsp3) is 0.303. The van der Waals surface area contributed by atoms with Gasteiger partial charge in [-0.25, -0.2) is 8.42 Å².